The van der Waals surface area contributed by atoms with Crippen LogP contribution in [-0.2, 0) is 44.3 Å². The van der Waals surface area contributed by atoms with Gasteiger partial charge in [-0.15, -0.1) is 6.58 Å². The molecule has 2 rings (SSSR count). The molecule has 17 heteroatoms. The van der Waals surface area contributed by atoms with Gasteiger partial charge >= 0.3 is 12.3 Å². The fourth-order valence-corrected chi connectivity index (χ4v) is 2.67. The number of nitrogens with zero attached hydrogens (tertiary/aromatic N) is 4. The Hall–Kier alpha value is -3.59. The number of carbonyl (C=O) groups excluding carboxylic acids is 2. The Balaban J connectivity index is 0.00000371. The molecule has 39 heavy (non-hydrogen) atoms. The van der Waals surface area contributed by atoms with E-state index in [4.69, 9.17) is 43.5 Å². The van der Waals surface area contributed by atoms with Crippen molar-refractivity contribution in [1.29, 1.82) is 0 Å². The second-order valence-electron chi connectivity index (χ2n) is 7.91. The number of hydrogen-bond acceptors (Lipinski definition) is 15. The highest BCUT2D eigenvalue weighted by molar-refractivity contribution is 7.00. The third kappa shape index (κ3) is 13.2. The van der Waals surface area contributed by atoms with E-state index in [1.165, 1.54) is 0 Å². The predicted molar refractivity (Wildman–Crippen MR) is 139 cm³/mol. The zero-order chi connectivity index (χ0) is 29.2. The number of nitrogens with two attached hydrogens (primary N) is 1. The Morgan fingerprint density at radius 2 is 1.67 bits per heavy atom. The summed E-state index contributed by atoms with van der Waals surface area (Å²) in [6.45, 7) is 10.4. The maximum absolute atomic E-state index is 11.5. The molecule has 0 radical (unpaired) electrons. The standard InChI is InChI=1S/C22H34N6O9.HOP/c1-6-7-24-18-17-19(27-20(23)26-18)28(11-25-17)8-9-31-10-16(32-12-34-21(29)36-14(2)3)33-13-35-22(30)37-15(4)5;1-2/h6,11,14-16H,1,7-10,12-13H2,2-5H3,(H3,23,24,26,27);2H. The Morgan fingerprint density at radius 3 is 2.21 bits per heavy atom. The third-order valence-corrected chi connectivity index (χ3v) is 4.15. The van der Waals surface area contributed by atoms with Gasteiger partial charge in [0.05, 0.1) is 31.7 Å². The van der Waals surface area contributed by atoms with Crippen molar-refractivity contribution in [1.82, 2.24) is 19.5 Å². The number of carbonyl (C=O) groups is 2. The summed E-state index contributed by atoms with van der Waals surface area (Å²) in [6.07, 6.45) is -0.261. The molecule has 2 aromatic rings. The Bertz CT molecular complexity index is 1010. The zero-order valence-corrected chi connectivity index (χ0v) is 23.3. The third-order valence-electron chi connectivity index (χ3n) is 4.15. The number of fused-ring (bicyclic) bond motifs is 1. The summed E-state index contributed by atoms with van der Waals surface area (Å²) >= 11 is 0. The highest BCUT2D eigenvalue weighted by atomic mass is 31.0. The molecule has 0 bridgehead atoms. The molecule has 0 amide bonds. The first kappa shape index (κ1) is 33.4. The van der Waals surface area contributed by atoms with E-state index in [-0.39, 0.29) is 31.4 Å². The smallest absolute Gasteiger partial charge is 0.432 e. The van der Waals surface area contributed by atoms with Gasteiger partial charge < -0.3 is 48.8 Å². The van der Waals surface area contributed by atoms with Crippen LogP contribution in [0.3, 0.4) is 0 Å². The molecule has 0 aliphatic heterocycles. The fourth-order valence-electron chi connectivity index (χ4n) is 2.67. The molecule has 0 spiro atoms. The van der Waals surface area contributed by atoms with Gasteiger partial charge in [0.15, 0.2) is 36.9 Å². The quantitative estimate of drug-likeness (QED) is 0.0974. The summed E-state index contributed by atoms with van der Waals surface area (Å²) in [6, 6.07) is 0. The van der Waals surface area contributed by atoms with Crippen molar-refractivity contribution >= 4 is 44.4 Å². The maximum Gasteiger partial charge on any atom is 0.510 e. The van der Waals surface area contributed by atoms with Gasteiger partial charge in [0.25, 0.3) is 0 Å². The van der Waals surface area contributed by atoms with E-state index in [0.29, 0.717) is 30.1 Å². The van der Waals surface area contributed by atoms with Crippen molar-refractivity contribution in [3.05, 3.63) is 19.0 Å². The normalized spacial score (nSPS) is 10.7. The van der Waals surface area contributed by atoms with E-state index >= 15 is 0 Å². The second-order valence-corrected chi connectivity index (χ2v) is 7.91. The fraction of sp³-hybridized carbons (Fsp3) is 0.591. The number of rotatable bonds is 16. The van der Waals surface area contributed by atoms with E-state index < -0.39 is 32.2 Å². The molecule has 3 N–H and O–H groups in total. The van der Waals surface area contributed by atoms with Gasteiger partial charge in [-0.3, -0.25) is 4.57 Å². The Morgan fingerprint density at radius 1 is 1.08 bits per heavy atom. The van der Waals surface area contributed by atoms with Crippen LogP contribution >= 0.6 is 9.12 Å². The number of nitrogens with one attached hydrogen (secondary N) is 1. The van der Waals surface area contributed by atoms with Gasteiger partial charge in [-0.1, -0.05) is 6.08 Å². The summed E-state index contributed by atoms with van der Waals surface area (Å²) in [5, 5.41) is 3.07. The lowest BCUT2D eigenvalue weighted by molar-refractivity contribution is -0.233. The minimum atomic E-state index is -1.04. The number of hydrogen-bond donors (Lipinski definition) is 2. The predicted octanol–water partition coefficient (Wildman–Crippen LogP) is 2.90. The highest BCUT2D eigenvalue weighted by Gasteiger charge is 2.16. The average Bonchev–Trinajstić information content (AvgIpc) is 3.27. The minimum absolute atomic E-state index is 0.0823. The lowest BCUT2D eigenvalue weighted by Crippen LogP contribution is -2.28. The molecule has 16 nitrogen and oxygen atoms in total. The largest absolute Gasteiger partial charge is 0.510 e. The monoisotopic (exact) mass is 574 g/mol. The molecule has 0 aromatic carbocycles. The van der Waals surface area contributed by atoms with Gasteiger partial charge in [0.1, 0.15) is 9.12 Å². The zero-order valence-electron chi connectivity index (χ0n) is 22.3. The number of nitrogen functional groups attached to an aromatic ring is 1. The van der Waals surface area contributed by atoms with E-state index in [1.54, 1.807) is 53.8 Å². The van der Waals surface area contributed by atoms with E-state index in [2.05, 4.69) is 26.8 Å². The van der Waals surface area contributed by atoms with Crippen LogP contribution in [0.4, 0.5) is 21.4 Å². The molecule has 0 atom stereocenters. The van der Waals surface area contributed by atoms with E-state index in [0.717, 1.165) is 0 Å². The summed E-state index contributed by atoms with van der Waals surface area (Å²) in [4.78, 5) is 35.8. The van der Waals surface area contributed by atoms with Crippen molar-refractivity contribution in [3.63, 3.8) is 0 Å². The van der Waals surface area contributed by atoms with Crippen LogP contribution in [0.2, 0.25) is 0 Å². The highest BCUT2D eigenvalue weighted by Crippen LogP contribution is 2.19. The Labute approximate surface area is 227 Å². The van der Waals surface area contributed by atoms with Crippen molar-refractivity contribution in [3.8, 4) is 0 Å². The number of ether oxygens (including phenoxy) is 7. The van der Waals surface area contributed by atoms with Crippen LogP contribution in [0.25, 0.3) is 11.2 Å². The first-order chi connectivity index (χ1) is 18.7. The van der Waals surface area contributed by atoms with Crippen molar-refractivity contribution in [2.45, 2.75) is 52.7 Å². The molecule has 0 saturated heterocycles. The molecule has 0 saturated carbocycles. The minimum Gasteiger partial charge on any atom is -0.432 e. The molecule has 0 aliphatic rings. The van der Waals surface area contributed by atoms with E-state index in [1.807, 2.05) is 0 Å². The Kier molecular flexibility index (Phi) is 16.0. The lowest BCUT2D eigenvalue weighted by atomic mass is 10.4. The first-order valence-electron chi connectivity index (χ1n) is 11.7. The van der Waals surface area contributed by atoms with Crippen molar-refractivity contribution in [2.75, 3.05) is 44.4 Å². The van der Waals surface area contributed by atoms with Crippen LogP contribution in [0, 0.1) is 0 Å². The molecule has 0 fully saturated rings. The SMILES string of the molecule is C=CCNc1nc(N)nc2c1ncn2CCOCC(OCOC(=O)OC(C)C)OCOC(=O)OC(C)C.O=P. The lowest BCUT2D eigenvalue weighted by Gasteiger charge is -2.19. The topological polar surface area (TPSA) is 197 Å². The summed E-state index contributed by atoms with van der Waals surface area (Å²) in [5.41, 5.74) is 6.91. The molecule has 0 unspecified atom stereocenters. The van der Waals surface area contributed by atoms with Crippen LogP contribution in [0.15, 0.2) is 19.0 Å². The molecular weight excluding hydrogens is 539 g/mol. The molecule has 2 aromatic heterocycles. The van der Waals surface area contributed by atoms with E-state index in [9.17, 15) is 9.59 Å². The van der Waals surface area contributed by atoms with Crippen LogP contribution in [-0.4, -0.2) is 83.7 Å². The first-order valence-corrected chi connectivity index (χ1v) is 12.1. The van der Waals surface area contributed by atoms with Crippen LogP contribution in [0.1, 0.15) is 27.7 Å². The number of aromatic nitrogens is 4. The number of imidazole rings is 1. The maximum atomic E-state index is 11.5. The number of anilines is 2. The van der Waals surface area contributed by atoms with Gasteiger partial charge in [-0.25, -0.2) is 14.6 Å². The van der Waals surface area contributed by atoms with Crippen molar-refractivity contribution in [2.24, 2.45) is 0 Å². The van der Waals surface area contributed by atoms with Crippen LogP contribution in [0.5, 0.6) is 0 Å². The summed E-state index contributed by atoms with van der Waals surface area (Å²) in [7, 11) is 1.72. The molecular formula is C22H35N6O10P. The van der Waals surface area contributed by atoms with Gasteiger partial charge in [0.2, 0.25) is 5.95 Å². The average molecular weight is 575 g/mol. The van der Waals surface area contributed by atoms with Crippen molar-refractivity contribution < 1.29 is 47.3 Å². The molecule has 2 heterocycles. The van der Waals surface area contributed by atoms with Gasteiger partial charge in [-0.05, 0) is 27.7 Å². The van der Waals surface area contributed by atoms with Crippen LogP contribution < -0.4 is 11.1 Å². The second kappa shape index (κ2) is 18.6. The summed E-state index contributed by atoms with van der Waals surface area (Å²) < 4.78 is 45.5. The molecule has 218 valence electrons. The van der Waals surface area contributed by atoms with Gasteiger partial charge in [-0.2, -0.15) is 9.97 Å². The molecule has 0 aliphatic carbocycles. The van der Waals surface area contributed by atoms with Gasteiger partial charge in [0, 0.05) is 13.1 Å². The summed E-state index contributed by atoms with van der Waals surface area (Å²) in [5.74, 6) is 0.589.